The Balaban J connectivity index is 2.48. The standard InChI is InChI=1S/C8H16N2O2/c1-8(5-9,6-3-4-6)10-7(11)12-2/h6H,3-5,9H2,1-2H3,(H,10,11). The molecule has 1 aliphatic rings. The Morgan fingerprint density at radius 1 is 1.75 bits per heavy atom. The summed E-state index contributed by atoms with van der Waals surface area (Å²) in [5.74, 6) is 0.529. The zero-order valence-corrected chi connectivity index (χ0v) is 7.59. The van der Waals surface area contributed by atoms with Gasteiger partial charge in [-0.3, -0.25) is 0 Å². The summed E-state index contributed by atoms with van der Waals surface area (Å²) >= 11 is 0. The zero-order chi connectivity index (χ0) is 9.19. The van der Waals surface area contributed by atoms with Gasteiger partial charge < -0.3 is 15.8 Å². The monoisotopic (exact) mass is 172 g/mol. The van der Waals surface area contributed by atoms with E-state index in [9.17, 15) is 4.79 Å². The smallest absolute Gasteiger partial charge is 0.407 e. The zero-order valence-electron chi connectivity index (χ0n) is 7.59. The van der Waals surface area contributed by atoms with Crippen molar-refractivity contribution in [2.75, 3.05) is 13.7 Å². The molecule has 70 valence electrons. The molecule has 3 N–H and O–H groups in total. The number of ether oxygens (including phenoxy) is 1. The van der Waals surface area contributed by atoms with E-state index in [1.54, 1.807) is 0 Å². The second-order valence-electron chi connectivity index (χ2n) is 3.51. The second-order valence-corrected chi connectivity index (χ2v) is 3.51. The van der Waals surface area contributed by atoms with Crippen LogP contribution in [0.4, 0.5) is 4.79 Å². The first-order chi connectivity index (χ1) is 5.62. The highest BCUT2D eigenvalue weighted by molar-refractivity contribution is 5.68. The lowest BCUT2D eigenvalue weighted by molar-refractivity contribution is 0.154. The minimum atomic E-state index is -0.394. The number of methoxy groups -OCH3 is 1. The number of nitrogens with two attached hydrogens (primary N) is 1. The molecule has 0 radical (unpaired) electrons. The Bertz CT molecular complexity index is 180. The number of amides is 1. The SMILES string of the molecule is COC(=O)NC(C)(CN)C1CC1. The number of hydrogen-bond acceptors (Lipinski definition) is 3. The topological polar surface area (TPSA) is 64.3 Å². The average Bonchev–Trinajstić information content (AvgIpc) is 2.86. The van der Waals surface area contributed by atoms with Crippen molar-refractivity contribution in [3.05, 3.63) is 0 Å². The number of alkyl carbamates (subject to hydrolysis) is 1. The highest BCUT2D eigenvalue weighted by Gasteiger charge is 2.41. The normalized spacial score (nSPS) is 21.2. The third-order valence-corrected chi connectivity index (χ3v) is 2.48. The maximum Gasteiger partial charge on any atom is 0.407 e. The van der Waals surface area contributed by atoms with E-state index in [4.69, 9.17) is 5.73 Å². The van der Waals surface area contributed by atoms with Crippen molar-refractivity contribution in [2.45, 2.75) is 25.3 Å². The predicted molar refractivity (Wildman–Crippen MR) is 45.7 cm³/mol. The molecule has 0 aromatic rings. The fraction of sp³-hybridized carbons (Fsp3) is 0.875. The lowest BCUT2D eigenvalue weighted by atomic mass is 9.96. The molecule has 0 spiro atoms. The summed E-state index contributed by atoms with van der Waals surface area (Å²) in [5.41, 5.74) is 5.31. The van der Waals surface area contributed by atoms with Gasteiger partial charge in [-0.1, -0.05) is 0 Å². The number of nitrogens with one attached hydrogen (secondary N) is 1. The van der Waals surface area contributed by atoms with Crippen LogP contribution in [0.25, 0.3) is 0 Å². The van der Waals surface area contributed by atoms with Gasteiger partial charge in [-0.2, -0.15) is 0 Å². The predicted octanol–water partition coefficient (Wildman–Crippen LogP) is 0.470. The van der Waals surface area contributed by atoms with Gasteiger partial charge in [-0.05, 0) is 25.7 Å². The molecule has 0 aromatic heterocycles. The molecule has 4 heteroatoms. The molecular weight excluding hydrogens is 156 g/mol. The van der Waals surface area contributed by atoms with E-state index in [0.29, 0.717) is 12.5 Å². The summed E-state index contributed by atoms with van der Waals surface area (Å²) in [6.45, 7) is 2.42. The Hall–Kier alpha value is -0.770. The maximum absolute atomic E-state index is 10.9. The molecule has 0 heterocycles. The second kappa shape index (κ2) is 3.31. The summed E-state index contributed by atoms with van der Waals surface area (Å²) in [5, 5.41) is 2.77. The van der Waals surface area contributed by atoms with Crippen LogP contribution in [-0.4, -0.2) is 25.3 Å². The summed E-state index contributed by atoms with van der Waals surface area (Å²) in [4.78, 5) is 10.9. The fourth-order valence-corrected chi connectivity index (χ4v) is 1.32. The van der Waals surface area contributed by atoms with Crippen LogP contribution < -0.4 is 11.1 Å². The van der Waals surface area contributed by atoms with Gasteiger partial charge in [0.15, 0.2) is 0 Å². The average molecular weight is 172 g/mol. The van der Waals surface area contributed by atoms with Gasteiger partial charge >= 0.3 is 6.09 Å². The molecule has 1 amide bonds. The number of carbonyl (C=O) groups is 1. The summed E-state index contributed by atoms with van der Waals surface area (Å²) in [7, 11) is 1.36. The lowest BCUT2D eigenvalue weighted by Crippen LogP contribution is -2.53. The molecule has 0 aliphatic heterocycles. The van der Waals surface area contributed by atoms with Crippen molar-refractivity contribution >= 4 is 6.09 Å². The Morgan fingerprint density at radius 2 is 2.33 bits per heavy atom. The van der Waals surface area contributed by atoms with Crippen LogP contribution in [-0.2, 0) is 4.74 Å². The van der Waals surface area contributed by atoms with Crippen molar-refractivity contribution in [3.8, 4) is 0 Å². The van der Waals surface area contributed by atoms with E-state index in [-0.39, 0.29) is 5.54 Å². The summed E-state index contributed by atoms with van der Waals surface area (Å²) in [6, 6.07) is 0. The largest absolute Gasteiger partial charge is 0.453 e. The maximum atomic E-state index is 10.9. The van der Waals surface area contributed by atoms with Gasteiger partial charge in [0.25, 0.3) is 0 Å². The molecule has 1 fully saturated rings. The molecule has 1 saturated carbocycles. The van der Waals surface area contributed by atoms with Crippen LogP contribution in [0.2, 0.25) is 0 Å². The van der Waals surface area contributed by atoms with E-state index in [1.807, 2.05) is 6.92 Å². The molecule has 0 bridgehead atoms. The van der Waals surface area contributed by atoms with Gasteiger partial charge in [0.1, 0.15) is 0 Å². The van der Waals surface area contributed by atoms with Crippen LogP contribution in [0.15, 0.2) is 0 Å². The lowest BCUT2D eigenvalue weighted by Gasteiger charge is -2.28. The van der Waals surface area contributed by atoms with Crippen LogP contribution in [0.3, 0.4) is 0 Å². The van der Waals surface area contributed by atoms with Crippen molar-refractivity contribution in [1.29, 1.82) is 0 Å². The first-order valence-electron chi connectivity index (χ1n) is 4.18. The molecule has 0 saturated heterocycles. The van der Waals surface area contributed by atoms with E-state index in [1.165, 1.54) is 7.11 Å². The molecule has 1 aliphatic carbocycles. The number of hydrogen-bond donors (Lipinski definition) is 2. The van der Waals surface area contributed by atoms with Gasteiger partial charge in [0, 0.05) is 6.54 Å². The minimum absolute atomic E-state index is 0.271. The Labute approximate surface area is 72.5 Å². The quantitative estimate of drug-likeness (QED) is 0.650. The van der Waals surface area contributed by atoms with E-state index >= 15 is 0 Å². The fourth-order valence-electron chi connectivity index (χ4n) is 1.32. The van der Waals surface area contributed by atoms with Crippen LogP contribution in [0.5, 0.6) is 0 Å². The molecule has 12 heavy (non-hydrogen) atoms. The first kappa shape index (κ1) is 9.32. The Kier molecular flexibility index (Phi) is 2.57. The molecule has 0 aromatic carbocycles. The summed E-state index contributed by atoms with van der Waals surface area (Å²) < 4.78 is 4.52. The Morgan fingerprint density at radius 3 is 2.67 bits per heavy atom. The summed E-state index contributed by atoms with van der Waals surface area (Å²) in [6.07, 6.45) is 1.91. The molecular formula is C8H16N2O2. The highest BCUT2D eigenvalue weighted by Crippen LogP contribution is 2.38. The van der Waals surface area contributed by atoms with Gasteiger partial charge in [0.05, 0.1) is 12.6 Å². The van der Waals surface area contributed by atoms with Gasteiger partial charge in [-0.15, -0.1) is 0 Å². The van der Waals surface area contributed by atoms with Gasteiger partial charge in [0.2, 0.25) is 0 Å². The number of rotatable bonds is 3. The molecule has 1 rings (SSSR count). The molecule has 1 atom stereocenters. The third-order valence-electron chi connectivity index (χ3n) is 2.48. The van der Waals surface area contributed by atoms with Crippen molar-refractivity contribution < 1.29 is 9.53 Å². The van der Waals surface area contributed by atoms with E-state index in [2.05, 4.69) is 10.1 Å². The van der Waals surface area contributed by atoms with Crippen molar-refractivity contribution in [1.82, 2.24) is 5.32 Å². The van der Waals surface area contributed by atoms with Gasteiger partial charge in [-0.25, -0.2) is 4.79 Å². The molecule has 1 unspecified atom stereocenters. The third kappa shape index (κ3) is 1.88. The minimum Gasteiger partial charge on any atom is -0.453 e. The molecule has 4 nitrogen and oxygen atoms in total. The van der Waals surface area contributed by atoms with E-state index in [0.717, 1.165) is 12.8 Å². The van der Waals surface area contributed by atoms with Crippen molar-refractivity contribution in [3.63, 3.8) is 0 Å². The highest BCUT2D eigenvalue weighted by atomic mass is 16.5. The van der Waals surface area contributed by atoms with Crippen LogP contribution in [0.1, 0.15) is 19.8 Å². The van der Waals surface area contributed by atoms with Crippen molar-refractivity contribution in [2.24, 2.45) is 11.7 Å². The van der Waals surface area contributed by atoms with Crippen LogP contribution in [0, 0.1) is 5.92 Å². The van der Waals surface area contributed by atoms with Crippen LogP contribution >= 0.6 is 0 Å². The van der Waals surface area contributed by atoms with E-state index < -0.39 is 6.09 Å². The first-order valence-corrected chi connectivity index (χ1v) is 4.18. The number of carbonyl (C=O) groups excluding carboxylic acids is 1.